The summed E-state index contributed by atoms with van der Waals surface area (Å²) in [5, 5.41) is 5.17. The van der Waals surface area contributed by atoms with Crippen LogP contribution < -0.4 is 0 Å². The predicted octanol–water partition coefficient (Wildman–Crippen LogP) is 12.3. The van der Waals surface area contributed by atoms with E-state index in [0.717, 1.165) is 26.2 Å². The first-order valence-electron chi connectivity index (χ1n) is 14.3. The van der Waals surface area contributed by atoms with Crippen molar-refractivity contribution in [1.29, 1.82) is 0 Å². The highest BCUT2D eigenvalue weighted by Crippen LogP contribution is 2.35. The average molecular weight is 642 g/mol. The fraction of sp³-hybridized carbons (Fsp3) is 0.455. The van der Waals surface area contributed by atoms with Crippen LogP contribution >= 0.6 is 46.1 Å². The summed E-state index contributed by atoms with van der Waals surface area (Å²) in [4.78, 5) is 13.6. The number of carbonyl (C=O) groups excluding carboxylic acids is 1. The second-order valence-corrected chi connectivity index (χ2v) is 11.1. The van der Waals surface area contributed by atoms with Crippen LogP contribution in [-0.4, -0.2) is 15.3 Å². The maximum atomic E-state index is 9.44. The molecule has 0 aliphatic heterocycles. The van der Waals surface area contributed by atoms with E-state index in [1.54, 1.807) is 29.9 Å². The van der Waals surface area contributed by atoms with Crippen molar-refractivity contribution in [3.8, 4) is 0 Å². The lowest BCUT2D eigenvalue weighted by Crippen LogP contribution is -2.12. The summed E-state index contributed by atoms with van der Waals surface area (Å²) in [7, 11) is 0. The molecule has 4 aromatic rings. The first kappa shape index (κ1) is 39.1. The molecule has 0 spiro atoms. The van der Waals surface area contributed by atoms with Gasteiger partial charge in [0.2, 0.25) is 0 Å². The number of halogens is 3. The second kappa shape index (κ2) is 23.6. The standard InChI is InChI=1S/C20H15Cl3N2OS.2C4H10.C3H6O.C2H6/c21-14-4-5-16(18(23)8-14)19(9-25-7-6-24-12-25)26-10-13-11-27-20-15(13)2-1-3-17(20)22;2*1-3-4-2;1-3(2)4;1-2/h1-8,11-12,19H,9-10H2;2*3-4H2,1-2H3;1-2H3;1-2H3/t19-;;;;/m0..../s1. The molecule has 0 unspecified atom stereocenters. The van der Waals surface area contributed by atoms with E-state index in [9.17, 15) is 4.79 Å². The van der Waals surface area contributed by atoms with E-state index < -0.39 is 0 Å². The molecule has 0 aliphatic carbocycles. The normalized spacial score (nSPS) is 10.5. The van der Waals surface area contributed by atoms with Gasteiger partial charge in [-0.05, 0) is 48.4 Å². The van der Waals surface area contributed by atoms with Crippen molar-refractivity contribution in [2.24, 2.45) is 0 Å². The number of aromatic nitrogens is 2. The molecule has 2 heterocycles. The van der Waals surface area contributed by atoms with Gasteiger partial charge in [0.05, 0.1) is 29.2 Å². The van der Waals surface area contributed by atoms with Crippen molar-refractivity contribution < 1.29 is 9.53 Å². The van der Waals surface area contributed by atoms with Crippen molar-refractivity contribution in [3.05, 3.63) is 86.7 Å². The number of rotatable bonds is 8. The van der Waals surface area contributed by atoms with Crippen LogP contribution in [0.25, 0.3) is 10.1 Å². The van der Waals surface area contributed by atoms with Gasteiger partial charge in [0.15, 0.2) is 0 Å². The van der Waals surface area contributed by atoms with Gasteiger partial charge in [-0.25, -0.2) is 4.98 Å². The van der Waals surface area contributed by atoms with E-state index in [0.29, 0.717) is 23.2 Å². The summed E-state index contributed by atoms with van der Waals surface area (Å²) in [6, 6.07) is 11.4. The van der Waals surface area contributed by atoms with Crippen molar-refractivity contribution >= 4 is 62.0 Å². The highest BCUT2D eigenvalue weighted by atomic mass is 35.5. The van der Waals surface area contributed by atoms with Crippen LogP contribution in [0.15, 0.2) is 60.5 Å². The Kier molecular flexibility index (Phi) is 22.6. The van der Waals surface area contributed by atoms with Crippen LogP contribution in [0.2, 0.25) is 15.1 Å². The van der Waals surface area contributed by atoms with Crippen molar-refractivity contribution in [2.45, 2.75) is 100 Å². The third-order valence-electron chi connectivity index (χ3n) is 5.32. The molecular formula is C33H47Cl3N2O2S. The number of unbranched alkanes of at least 4 members (excludes halogenated alkanes) is 2. The lowest BCUT2D eigenvalue weighted by Gasteiger charge is -2.20. The van der Waals surface area contributed by atoms with Crippen LogP contribution in [0.1, 0.15) is 98.3 Å². The number of nitrogens with zero attached hydrogens (tertiary/aromatic N) is 2. The van der Waals surface area contributed by atoms with Gasteiger partial charge in [-0.2, -0.15) is 0 Å². The van der Waals surface area contributed by atoms with Crippen LogP contribution in [0.4, 0.5) is 0 Å². The molecule has 4 nitrogen and oxygen atoms in total. The summed E-state index contributed by atoms with van der Waals surface area (Å²) < 4.78 is 9.35. The lowest BCUT2D eigenvalue weighted by molar-refractivity contribution is -0.114. The second-order valence-electron chi connectivity index (χ2n) is 9.01. The Morgan fingerprint density at radius 3 is 2.07 bits per heavy atom. The van der Waals surface area contributed by atoms with Crippen molar-refractivity contribution in [2.75, 3.05) is 0 Å². The molecule has 0 saturated heterocycles. The van der Waals surface area contributed by atoms with Gasteiger partial charge in [0.25, 0.3) is 0 Å². The summed E-state index contributed by atoms with van der Waals surface area (Å²) in [6.07, 6.45) is 10.5. The van der Waals surface area contributed by atoms with Gasteiger partial charge in [0.1, 0.15) is 11.9 Å². The van der Waals surface area contributed by atoms with Gasteiger partial charge in [0, 0.05) is 28.0 Å². The van der Waals surface area contributed by atoms with E-state index in [1.807, 2.05) is 48.9 Å². The Labute approximate surface area is 267 Å². The lowest BCUT2D eigenvalue weighted by atomic mass is 10.1. The van der Waals surface area contributed by atoms with Crippen molar-refractivity contribution in [3.63, 3.8) is 0 Å². The number of imidazole rings is 1. The summed E-state index contributed by atoms with van der Waals surface area (Å²) in [5.41, 5.74) is 2.01. The zero-order chi connectivity index (χ0) is 31.2. The van der Waals surface area contributed by atoms with Gasteiger partial charge in [-0.1, -0.05) is 120 Å². The smallest absolute Gasteiger partial charge is 0.126 e. The highest BCUT2D eigenvalue weighted by Gasteiger charge is 2.18. The molecule has 0 N–H and O–H groups in total. The number of thiophene rings is 1. The Morgan fingerprint density at radius 2 is 1.56 bits per heavy atom. The van der Waals surface area contributed by atoms with Crippen molar-refractivity contribution in [1.82, 2.24) is 9.55 Å². The molecule has 0 aliphatic rings. The quantitative estimate of drug-likeness (QED) is 0.192. The van der Waals surface area contributed by atoms with Gasteiger partial charge >= 0.3 is 0 Å². The average Bonchev–Trinajstić information content (AvgIpc) is 3.63. The van der Waals surface area contributed by atoms with E-state index in [-0.39, 0.29) is 11.9 Å². The molecule has 1 atom stereocenters. The fourth-order valence-electron chi connectivity index (χ4n) is 2.97. The van der Waals surface area contributed by atoms with Gasteiger partial charge in [-0.3, -0.25) is 0 Å². The SMILES string of the molecule is CC.CC(C)=O.CCCC.CCCC.Clc1ccc([C@H](Cn2ccnc2)OCc2csc3c(Cl)cccc23)c(Cl)c1. The number of ether oxygens (including phenoxy) is 1. The summed E-state index contributed by atoms with van der Waals surface area (Å²) in [6.45, 7) is 16.8. The number of ketones is 1. The molecule has 8 heteroatoms. The molecule has 41 heavy (non-hydrogen) atoms. The minimum atomic E-state index is -0.238. The predicted molar refractivity (Wildman–Crippen MR) is 182 cm³/mol. The maximum absolute atomic E-state index is 9.44. The zero-order valence-corrected chi connectivity index (χ0v) is 28.9. The maximum Gasteiger partial charge on any atom is 0.126 e. The number of hydrogen-bond donors (Lipinski definition) is 0. The molecular weight excluding hydrogens is 595 g/mol. The monoisotopic (exact) mass is 640 g/mol. The summed E-state index contributed by atoms with van der Waals surface area (Å²) in [5.74, 6) is 0.167. The molecule has 0 bridgehead atoms. The molecule has 2 aromatic carbocycles. The van der Waals surface area contributed by atoms with E-state index in [1.165, 1.54) is 39.5 Å². The largest absolute Gasteiger partial charge is 0.367 e. The minimum absolute atomic E-state index is 0.167. The van der Waals surface area contributed by atoms with Gasteiger partial charge < -0.3 is 14.1 Å². The Balaban J connectivity index is 0.000000965. The third kappa shape index (κ3) is 15.8. The van der Waals surface area contributed by atoms with Crippen LogP contribution in [-0.2, 0) is 22.7 Å². The third-order valence-corrected chi connectivity index (χ3v) is 7.38. The molecule has 0 fully saturated rings. The minimum Gasteiger partial charge on any atom is -0.367 e. The number of carbonyl (C=O) groups is 1. The topological polar surface area (TPSA) is 44.1 Å². The molecule has 0 radical (unpaired) electrons. The highest BCUT2D eigenvalue weighted by molar-refractivity contribution is 7.18. The Hall–Kier alpha value is -1.89. The number of hydrogen-bond acceptors (Lipinski definition) is 4. The zero-order valence-electron chi connectivity index (χ0n) is 25.8. The van der Waals surface area contributed by atoms with Crippen LogP contribution in [0.5, 0.6) is 0 Å². The van der Waals surface area contributed by atoms with Crippen LogP contribution in [0.3, 0.4) is 0 Å². The molecule has 228 valence electrons. The number of Topliss-reactive ketones (excluding diaryl/α,β-unsaturated/α-hetero) is 1. The molecule has 0 saturated carbocycles. The first-order valence-corrected chi connectivity index (χ1v) is 16.3. The molecule has 2 aromatic heterocycles. The van der Waals surface area contributed by atoms with Gasteiger partial charge in [-0.15, -0.1) is 11.3 Å². The molecule has 0 amide bonds. The Morgan fingerprint density at radius 1 is 0.951 bits per heavy atom. The fourth-order valence-corrected chi connectivity index (χ4v) is 4.77. The summed E-state index contributed by atoms with van der Waals surface area (Å²) >= 11 is 20.4. The van der Waals surface area contributed by atoms with E-state index >= 15 is 0 Å². The molecule has 4 rings (SSSR count). The first-order chi connectivity index (χ1) is 19.7. The number of fused-ring (bicyclic) bond motifs is 1. The van der Waals surface area contributed by atoms with E-state index in [2.05, 4.69) is 44.1 Å². The van der Waals surface area contributed by atoms with E-state index in [4.69, 9.17) is 39.5 Å². The van der Waals surface area contributed by atoms with Crippen LogP contribution in [0, 0.1) is 0 Å². The Bertz CT molecular complexity index is 1210. The number of benzene rings is 2.